The second-order valence-electron chi connectivity index (χ2n) is 11.6. The SMILES string of the molecule is c1ccc(Oc2ccc3ccc(Oc4ccccc4)c4c5c(Oc6ccccc6)ccc6ccc(Oc7ccccc7)c(c2c34)c65)cc1. The summed E-state index contributed by atoms with van der Waals surface area (Å²) in [6.45, 7) is 0. The van der Waals surface area contributed by atoms with Gasteiger partial charge in [0.15, 0.2) is 0 Å². The predicted octanol–water partition coefficient (Wildman–Crippen LogP) is 12.9. The topological polar surface area (TPSA) is 36.9 Å². The minimum Gasteiger partial charge on any atom is -0.457 e. The van der Waals surface area contributed by atoms with E-state index < -0.39 is 0 Å². The Balaban J connectivity index is 1.45. The van der Waals surface area contributed by atoms with Gasteiger partial charge in [-0.15, -0.1) is 0 Å². The Hall–Kier alpha value is -6.52. The number of ether oxygens (including phenoxy) is 4. The lowest BCUT2D eigenvalue weighted by atomic mass is 9.88. The first-order valence-corrected chi connectivity index (χ1v) is 15.9. The molecule has 0 aliphatic rings. The van der Waals surface area contributed by atoms with Crippen molar-refractivity contribution in [1.82, 2.24) is 0 Å². The molecule has 0 fully saturated rings. The van der Waals surface area contributed by atoms with Crippen LogP contribution in [-0.4, -0.2) is 0 Å². The molecular formula is C44H28O4. The normalized spacial score (nSPS) is 11.3. The average molecular weight is 621 g/mol. The smallest absolute Gasteiger partial charge is 0.136 e. The molecule has 228 valence electrons. The van der Waals surface area contributed by atoms with Gasteiger partial charge >= 0.3 is 0 Å². The zero-order valence-electron chi connectivity index (χ0n) is 25.8. The maximum atomic E-state index is 6.71. The third-order valence-corrected chi connectivity index (χ3v) is 8.60. The lowest BCUT2D eigenvalue weighted by Gasteiger charge is -2.22. The standard InChI is InChI=1S/C44H28O4/c1-5-13-31(14-6-1)45-35-25-21-29-22-27-37(47-33-17-9-3-10-18-33)43-39(29)41(35)42-36(46-32-15-7-2-8-16-32)26-23-30-24-28-38(44(43)40(30)42)48-34-19-11-4-12-20-34/h1-28H. The van der Waals surface area contributed by atoms with Crippen molar-refractivity contribution in [2.24, 2.45) is 0 Å². The molecule has 0 spiro atoms. The number of fused-ring (bicyclic) bond motifs is 2. The van der Waals surface area contributed by atoms with Crippen LogP contribution >= 0.6 is 0 Å². The molecule has 0 radical (unpaired) electrons. The summed E-state index contributed by atoms with van der Waals surface area (Å²) in [5.74, 6) is 5.86. The Labute approximate surface area is 277 Å². The summed E-state index contributed by atoms with van der Waals surface area (Å²) in [5.41, 5.74) is 0. The van der Waals surface area contributed by atoms with Crippen molar-refractivity contribution in [3.8, 4) is 46.0 Å². The van der Waals surface area contributed by atoms with Gasteiger partial charge in [-0.3, -0.25) is 0 Å². The first-order chi connectivity index (χ1) is 23.8. The highest BCUT2D eigenvalue weighted by atomic mass is 16.5. The van der Waals surface area contributed by atoms with E-state index in [1.165, 1.54) is 0 Å². The molecule has 9 aromatic rings. The van der Waals surface area contributed by atoms with Crippen LogP contribution in [0.25, 0.3) is 43.1 Å². The second-order valence-corrected chi connectivity index (χ2v) is 11.6. The second kappa shape index (κ2) is 11.7. The van der Waals surface area contributed by atoms with Gasteiger partial charge in [0.25, 0.3) is 0 Å². The van der Waals surface area contributed by atoms with E-state index in [1.54, 1.807) is 0 Å². The Morgan fingerprint density at radius 1 is 0.208 bits per heavy atom. The highest BCUT2D eigenvalue weighted by molar-refractivity contribution is 6.37. The zero-order valence-corrected chi connectivity index (χ0v) is 25.8. The van der Waals surface area contributed by atoms with Gasteiger partial charge in [-0.25, -0.2) is 0 Å². The first-order valence-electron chi connectivity index (χ1n) is 15.9. The van der Waals surface area contributed by atoms with Crippen molar-refractivity contribution in [2.75, 3.05) is 0 Å². The lowest BCUT2D eigenvalue weighted by Crippen LogP contribution is -1.97. The molecule has 4 heteroatoms. The van der Waals surface area contributed by atoms with Gasteiger partial charge in [0, 0.05) is 32.3 Å². The molecule has 0 aromatic heterocycles. The van der Waals surface area contributed by atoms with Crippen LogP contribution in [0, 0.1) is 0 Å². The summed E-state index contributed by atoms with van der Waals surface area (Å²) >= 11 is 0. The summed E-state index contributed by atoms with van der Waals surface area (Å²) in [5, 5.41) is 7.83. The van der Waals surface area contributed by atoms with Crippen LogP contribution in [0.2, 0.25) is 0 Å². The van der Waals surface area contributed by atoms with Crippen LogP contribution < -0.4 is 18.9 Å². The van der Waals surface area contributed by atoms with Gasteiger partial charge < -0.3 is 18.9 Å². The fourth-order valence-electron chi connectivity index (χ4n) is 6.55. The van der Waals surface area contributed by atoms with Crippen molar-refractivity contribution >= 4 is 43.1 Å². The van der Waals surface area contributed by atoms with Gasteiger partial charge in [-0.05, 0) is 83.6 Å². The monoisotopic (exact) mass is 620 g/mol. The van der Waals surface area contributed by atoms with Gasteiger partial charge in [0.2, 0.25) is 0 Å². The summed E-state index contributed by atoms with van der Waals surface area (Å²) in [4.78, 5) is 0. The maximum absolute atomic E-state index is 6.71. The van der Waals surface area contributed by atoms with Crippen molar-refractivity contribution < 1.29 is 18.9 Å². The molecule has 9 rings (SSSR count). The van der Waals surface area contributed by atoms with E-state index in [9.17, 15) is 0 Å². The number of benzene rings is 9. The summed E-state index contributed by atoms with van der Waals surface area (Å²) < 4.78 is 26.8. The molecule has 0 unspecified atom stereocenters. The molecule has 9 aromatic carbocycles. The van der Waals surface area contributed by atoms with Crippen molar-refractivity contribution in [3.05, 3.63) is 170 Å². The van der Waals surface area contributed by atoms with Gasteiger partial charge in [0.05, 0.1) is 0 Å². The molecule has 0 bridgehead atoms. The van der Waals surface area contributed by atoms with Gasteiger partial charge in [-0.2, -0.15) is 0 Å². The molecule has 0 aliphatic carbocycles. The van der Waals surface area contributed by atoms with Crippen molar-refractivity contribution in [3.63, 3.8) is 0 Å². The number of para-hydroxylation sites is 4. The molecular weight excluding hydrogens is 592 g/mol. The molecule has 0 amide bonds. The number of hydrogen-bond acceptors (Lipinski definition) is 4. The number of rotatable bonds is 8. The highest BCUT2D eigenvalue weighted by Crippen LogP contribution is 2.53. The van der Waals surface area contributed by atoms with E-state index in [-0.39, 0.29) is 0 Å². The van der Waals surface area contributed by atoms with Crippen LogP contribution in [0.1, 0.15) is 0 Å². The van der Waals surface area contributed by atoms with Crippen LogP contribution in [0.4, 0.5) is 0 Å². The molecule has 4 nitrogen and oxygen atoms in total. The lowest BCUT2D eigenvalue weighted by molar-refractivity contribution is 0.483. The molecule has 0 N–H and O–H groups in total. The van der Waals surface area contributed by atoms with Crippen molar-refractivity contribution in [2.45, 2.75) is 0 Å². The van der Waals surface area contributed by atoms with Crippen LogP contribution in [0.15, 0.2) is 170 Å². The average Bonchev–Trinajstić information content (AvgIpc) is 3.14. The van der Waals surface area contributed by atoms with Gasteiger partial charge in [0.1, 0.15) is 46.0 Å². The molecule has 0 heterocycles. The first kappa shape index (κ1) is 27.8. The highest BCUT2D eigenvalue weighted by Gasteiger charge is 2.25. The third-order valence-electron chi connectivity index (χ3n) is 8.60. The summed E-state index contributed by atoms with van der Waals surface area (Å²) in [7, 11) is 0. The molecule has 48 heavy (non-hydrogen) atoms. The molecule has 0 aliphatic heterocycles. The Morgan fingerprint density at radius 2 is 0.438 bits per heavy atom. The fourth-order valence-corrected chi connectivity index (χ4v) is 6.55. The largest absolute Gasteiger partial charge is 0.457 e. The Morgan fingerprint density at radius 3 is 0.667 bits per heavy atom. The van der Waals surface area contributed by atoms with Crippen LogP contribution in [0.5, 0.6) is 46.0 Å². The zero-order chi connectivity index (χ0) is 31.9. The Kier molecular flexibility index (Phi) is 6.76. The minimum absolute atomic E-state index is 0.720. The maximum Gasteiger partial charge on any atom is 0.136 e. The van der Waals surface area contributed by atoms with Crippen molar-refractivity contribution in [1.29, 1.82) is 0 Å². The van der Waals surface area contributed by atoms with E-state index in [2.05, 4.69) is 24.3 Å². The molecule has 0 saturated heterocycles. The quantitative estimate of drug-likeness (QED) is 0.125. The van der Waals surface area contributed by atoms with E-state index >= 15 is 0 Å². The predicted molar refractivity (Wildman–Crippen MR) is 194 cm³/mol. The van der Waals surface area contributed by atoms with E-state index in [4.69, 9.17) is 18.9 Å². The molecule has 0 saturated carbocycles. The minimum atomic E-state index is 0.720. The number of hydrogen-bond donors (Lipinski definition) is 0. The summed E-state index contributed by atoms with van der Waals surface area (Å²) in [6.07, 6.45) is 0. The van der Waals surface area contributed by atoms with E-state index in [0.717, 1.165) is 89.1 Å². The van der Waals surface area contributed by atoms with Gasteiger partial charge in [-0.1, -0.05) is 97.1 Å². The molecule has 0 atom stereocenters. The third kappa shape index (κ3) is 4.88. The van der Waals surface area contributed by atoms with E-state index in [0.29, 0.717) is 0 Å². The van der Waals surface area contributed by atoms with Crippen LogP contribution in [0.3, 0.4) is 0 Å². The van der Waals surface area contributed by atoms with E-state index in [1.807, 2.05) is 146 Å². The summed E-state index contributed by atoms with van der Waals surface area (Å²) in [6, 6.07) is 56.2. The fraction of sp³-hybridized carbons (Fsp3) is 0. The Bertz CT molecular complexity index is 2180. The van der Waals surface area contributed by atoms with Crippen LogP contribution in [-0.2, 0) is 0 Å².